The van der Waals surface area contributed by atoms with Gasteiger partial charge < -0.3 is 20.5 Å². The van der Waals surface area contributed by atoms with Crippen LogP contribution in [-0.4, -0.2) is 47.5 Å². The molecule has 188 valence electrons. The van der Waals surface area contributed by atoms with Crippen molar-refractivity contribution in [2.75, 3.05) is 26.5 Å². The molecule has 0 spiro atoms. The fraction of sp³-hybridized carbons (Fsp3) is 0.333. The molecular weight excluding hydrogens is 456 g/mol. The van der Waals surface area contributed by atoms with Gasteiger partial charge in [-0.05, 0) is 30.7 Å². The minimum Gasteiger partial charge on any atom is -0.493 e. The van der Waals surface area contributed by atoms with Crippen LogP contribution < -0.4 is 20.5 Å². The summed E-state index contributed by atoms with van der Waals surface area (Å²) in [6.45, 7) is 2.75. The Morgan fingerprint density at radius 3 is 2.50 bits per heavy atom. The van der Waals surface area contributed by atoms with E-state index in [4.69, 9.17) is 25.2 Å². The molecule has 0 unspecified atom stereocenters. The van der Waals surface area contributed by atoms with Crippen LogP contribution in [-0.2, 0) is 0 Å². The SMILES string of the molecule is CCCCCCCNC(=O)c1c(N)n(/N=C/c2cccc(OC)c2OC)c2nc3ccccc3nc12. The number of nitrogens with zero attached hydrogens (tertiary/aromatic N) is 4. The molecule has 2 aromatic heterocycles. The standard InChI is InChI=1S/C27H32N6O3/c1-4-5-6-7-10-16-29-27(34)22-23-26(32-20-14-9-8-13-19(20)31-23)33(25(22)28)30-17-18-12-11-15-21(35-2)24(18)36-3/h8-9,11-15,17H,4-7,10,16,28H2,1-3H3,(H,29,34)/b30-17+. The van der Waals surface area contributed by atoms with Crippen molar-refractivity contribution >= 4 is 40.1 Å². The van der Waals surface area contributed by atoms with Gasteiger partial charge in [-0.15, -0.1) is 0 Å². The van der Waals surface area contributed by atoms with E-state index in [1.807, 2.05) is 36.4 Å². The second-order valence-electron chi connectivity index (χ2n) is 8.45. The number of nitrogens with one attached hydrogen (secondary N) is 1. The maximum absolute atomic E-state index is 13.2. The second kappa shape index (κ2) is 11.5. The zero-order valence-electron chi connectivity index (χ0n) is 21.0. The topological polar surface area (TPSA) is 117 Å². The molecule has 9 heteroatoms. The van der Waals surface area contributed by atoms with Gasteiger partial charge in [0.05, 0.1) is 31.5 Å². The minimum atomic E-state index is -0.287. The molecule has 9 nitrogen and oxygen atoms in total. The molecule has 0 aliphatic rings. The molecule has 0 bridgehead atoms. The van der Waals surface area contributed by atoms with Gasteiger partial charge in [0, 0.05) is 12.1 Å². The van der Waals surface area contributed by atoms with Crippen LogP contribution in [0.4, 0.5) is 5.82 Å². The molecule has 0 saturated heterocycles. The van der Waals surface area contributed by atoms with Gasteiger partial charge in [-0.1, -0.05) is 50.8 Å². The Kier molecular flexibility index (Phi) is 7.99. The van der Waals surface area contributed by atoms with E-state index in [2.05, 4.69) is 17.3 Å². The van der Waals surface area contributed by atoms with E-state index < -0.39 is 0 Å². The van der Waals surface area contributed by atoms with Crippen molar-refractivity contribution in [3.63, 3.8) is 0 Å². The lowest BCUT2D eigenvalue weighted by molar-refractivity contribution is 0.0955. The maximum atomic E-state index is 13.2. The van der Waals surface area contributed by atoms with E-state index in [0.717, 1.165) is 19.3 Å². The number of nitrogen functional groups attached to an aromatic ring is 1. The number of hydrogen-bond acceptors (Lipinski definition) is 7. The summed E-state index contributed by atoms with van der Waals surface area (Å²) in [5.74, 6) is 1.00. The minimum absolute atomic E-state index is 0.168. The summed E-state index contributed by atoms with van der Waals surface area (Å²) in [5, 5.41) is 7.57. The maximum Gasteiger partial charge on any atom is 0.257 e. The summed E-state index contributed by atoms with van der Waals surface area (Å²) in [4.78, 5) is 22.7. The molecule has 4 aromatic rings. The molecule has 36 heavy (non-hydrogen) atoms. The van der Waals surface area contributed by atoms with Crippen LogP contribution in [0.15, 0.2) is 47.6 Å². The van der Waals surface area contributed by atoms with Crippen molar-refractivity contribution < 1.29 is 14.3 Å². The van der Waals surface area contributed by atoms with Crippen molar-refractivity contribution in [1.82, 2.24) is 20.0 Å². The molecule has 0 aliphatic carbocycles. The Hall–Kier alpha value is -4.14. The molecule has 0 atom stereocenters. The predicted molar refractivity (Wildman–Crippen MR) is 143 cm³/mol. The normalized spacial score (nSPS) is 11.4. The predicted octanol–water partition coefficient (Wildman–Crippen LogP) is 4.77. The summed E-state index contributed by atoms with van der Waals surface area (Å²) in [5.41, 5.74) is 9.61. The van der Waals surface area contributed by atoms with Crippen molar-refractivity contribution in [3.05, 3.63) is 53.6 Å². The monoisotopic (exact) mass is 488 g/mol. The molecule has 0 radical (unpaired) electrons. The first-order valence-corrected chi connectivity index (χ1v) is 12.2. The first-order valence-electron chi connectivity index (χ1n) is 12.2. The largest absolute Gasteiger partial charge is 0.493 e. The van der Waals surface area contributed by atoms with Crippen LogP contribution in [0.25, 0.3) is 22.2 Å². The fourth-order valence-corrected chi connectivity index (χ4v) is 4.14. The average molecular weight is 489 g/mol. The second-order valence-corrected chi connectivity index (χ2v) is 8.45. The first kappa shape index (κ1) is 25.0. The molecule has 2 heterocycles. The van der Waals surface area contributed by atoms with Gasteiger partial charge in [0.25, 0.3) is 5.91 Å². The zero-order chi connectivity index (χ0) is 25.5. The molecule has 2 aromatic carbocycles. The van der Waals surface area contributed by atoms with Crippen LogP contribution in [0.2, 0.25) is 0 Å². The van der Waals surface area contributed by atoms with Gasteiger partial charge in [-0.25, -0.2) is 9.97 Å². The third-order valence-electron chi connectivity index (χ3n) is 6.01. The van der Waals surface area contributed by atoms with E-state index in [9.17, 15) is 4.79 Å². The summed E-state index contributed by atoms with van der Waals surface area (Å²) < 4.78 is 12.3. The quantitative estimate of drug-likeness (QED) is 0.232. The number of ether oxygens (including phenoxy) is 2. The van der Waals surface area contributed by atoms with Crippen LogP contribution in [0.3, 0.4) is 0 Å². The van der Waals surface area contributed by atoms with Crippen molar-refractivity contribution in [2.45, 2.75) is 39.0 Å². The summed E-state index contributed by atoms with van der Waals surface area (Å²) in [7, 11) is 3.14. The highest BCUT2D eigenvalue weighted by molar-refractivity contribution is 6.10. The third-order valence-corrected chi connectivity index (χ3v) is 6.01. The Morgan fingerprint density at radius 2 is 1.78 bits per heavy atom. The number of nitrogens with two attached hydrogens (primary N) is 1. The van der Waals surface area contributed by atoms with Crippen molar-refractivity contribution in [3.8, 4) is 11.5 Å². The smallest absolute Gasteiger partial charge is 0.257 e. The Bertz CT molecular complexity index is 1400. The number of hydrogen-bond donors (Lipinski definition) is 2. The number of fused-ring (bicyclic) bond motifs is 2. The number of carbonyl (C=O) groups is 1. The lowest BCUT2D eigenvalue weighted by Gasteiger charge is -2.09. The zero-order valence-corrected chi connectivity index (χ0v) is 21.0. The number of benzene rings is 2. The Balaban J connectivity index is 1.74. The van der Waals surface area contributed by atoms with E-state index >= 15 is 0 Å². The molecule has 3 N–H and O–H groups in total. The summed E-state index contributed by atoms with van der Waals surface area (Å²) in [6, 6.07) is 13.0. The molecular formula is C27H32N6O3. The van der Waals surface area contributed by atoms with Crippen LogP contribution >= 0.6 is 0 Å². The van der Waals surface area contributed by atoms with Gasteiger partial charge in [-0.3, -0.25) is 4.79 Å². The van der Waals surface area contributed by atoms with Crippen LogP contribution in [0.1, 0.15) is 54.9 Å². The van der Waals surface area contributed by atoms with E-state index in [0.29, 0.717) is 45.8 Å². The van der Waals surface area contributed by atoms with Gasteiger partial charge in [0.15, 0.2) is 17.1 Å². The number of rotatable bonds is 11. The van der Waals surface area contributed by atoms with Crippen LogP contribution in [0, 0.1) is 0 Å². The first-order chi connectivity index (χ1) is 17.6. The highest BCUT2D eigenvalue weighted by Crippen LogP contribution is 2.31. The third kappa shape index (κ3) is 5.10. The molecule has 1 amide bonds. The summed E-state index contributed by atoms with van der Waals surface area (Å²) >= 11 is 0. The Morgan fingerprint density at radius 1 is 1.03 bits per heavy atom. The van der Waals surface area contributed by atoms with Gasteiger partial charge in [-0.2, -0.15) is 9.78 Å². The number of carbonyl (C=O) groups excluding carboxylic acids is 1. The van der Waals surface area contributed by atoms with E-state index in [-0.39, 0.29) is 17.3 Å². The van der Waals surface area contributed by atoms with E-state index in [1.165, 1.54) is 17.5 Å². The number of methoxy groups -OCH3 is 2. The van der Waals surface area contributed by atoms with Gasteiger partial charge in [0.1, 0.15) is 16.9 Å². The van der Waals surface area contributed by atoms with E-state index in [1.54, 1.807) is 26.5 Å². The number of para-hydroxylation sites is 3. The molecule has 0 aliphatic heterocycles. The number of amides is 1. The van der Waals surface area contributed by atoms with Gasteiger partial charge in [0.2, 0.25) is 0 Å². The fourth-order valence-electron chi connectivity index (χ4n) is 4.14. The average Bonchev–Trinajstić information content (AvgIpc) is 3.17. The number of aromatic nitrogens is 3. The number of unbranched alkanes of at least 4 members (excludes halogenated alkanes) is 4. The highest BCUT2D eigenvalue weighted by atomic mass is 16.5. The Labute approximate surface area is 210 Å². The molecule has 0 saturated carbocycles. The van der Waals surface area contributed by atoms with Gasteiger partial charge >= 0.3 is 0 Å². The molecule has 4 rings (SSSR count). The summed E-state index contributed by atoms with van der Waals surface area (Å²) in [6.07, 6.45) is 7.12. The van der Waals surface area contributed by atoms with Crippen LogP contribution in [0.5, 0.6) is 11.5 Å². The lowest BCUT2D eigenvalue weighted by Crippen LogP contribution is -2.25. The highest BCUT2D eigenvalue weighted by Gasteiger charge is 2.24. The molecule has 0 fully saturated rings. The lowest BCUT2D eigenvalue weighted by atomic mass is 10.1. The number of anilines is 1. The van der Waals surface area contributed by atoms with Crippen molar-refractivity contribution in [2.24, 2.45) is 5.10 Å². The van der Waals surface area contributed by atoms with Crippen molar-refractivity contribution in [1.29, 1.82) is 0 Å².